The number of allylic oxidation sites excluding steroid dienone is 2. The Kier molecular flexibility index (Phi) is 6.40. The number of anilines is 2. The summed E-state index contributed by atoms with van der Waals surface area (Å²) in [7, 11) is 0. The molecule has 0 atom stereocenters. The normalized spacial score (nSPS) is 13.2. The molecule has 0 amide bonds. The zero-order chi connectivity index (χ0) is 22.5. The van der Waals surface area contributed by atoms with Crippen molar-refractivity contribution < 1.29 is 0 Å². The lowest BCUT2D eigenvalue weighted by Gasteiger charge is -2.13. The topological polar surface area (TPSA) is 87.7 Å². The predicted molar refractivity (Wildman–Crippen MR) is 132 cm³/mol. The van der Waals surface area contributed by atoms with Gasteiger partial charge in [0, 0.05) is 11.6 Å². The van der Waals surface area contributed by atoms with Crippen LogP contribution in [0.3, 0.4) is 0 Å². The van der Waals surface area contributed by atoms with Crippen LogP contribution in [0, 0.1) is 13.8 Å². The van der Waals surface area contributed by atoms with Gasteiger partial charge in [0.05, 0.1) is 22.8 Å². The maximum Gasteiger partial charge on any atom is 0.135 e. The molecule has 0 spiro atoms. The Bertz CT molecular complexity index is 1200. The molecule has 2 aromatic carbocycles. The van der Waals surface area contributed by atoms with E-state index in [1.54, 1.807) is 4.68 Å². The number of rotatable bonds is 3. The van der Waals surface area contributed by atoms with Gasteiger partial charge in [0.2, 0.25) is 0 Å². The van der Waals surface area contributed by atoms with E-state index in [9.17, 15) is 0 Å². The Labute approximate surface area is 189 Å². The molecule has 0 saturated heterocycles. The van der Waals surface area contributed by atoms with Crippen LogP contribution in [-0.2, 0) is 0 Å². The minimum absolute atomic E-state index is 0.670. The van der Waals surface area contributed by atoms with Gasteiger partial charge in [-0.15, -0.1) is 0 Å². The second kappa shape index (κ2) is 9.56. The quantitative estimate of drug-likeness (QED) is 0.454. The number of nitrogen functional groups attached to an aromatic ring is 2. The molecule has 6 nitrogen and oxygen atoms in total. The third-order valence-corrected chi connectivity index (χ3v) is 5.57. The van der Waals surface area contributed by atoms with Crippen LogP contribution in [0.1, 0.15) is 42.6 Å². The van der Waals surface area contributed by atoms with Crippen molar-refractivity contribution in [1.82, 2.24) is 19.6 Å². The highest BCUT2D eigenvalue weighted by Crippen LogP contribution is 2.33. The van der Waals surface area contributed by atoms with Gasteiger partial charge in [-0.2, -0.15) is 10.2 Å². The molecule has 0 unspecified atom stereocenters. The van der Waals surface area contributed by atoms with Gasteiger partial charge in [-0.25, -0.2) is 9.36 Å². The molecule has 1 aliphatic rings. The first-order valence-corrected chi connectivity index (χ1v) is 11.0. The van der Waals surface area contributed by atoms with E-state index in [0.717, 1.165) is 47.0 Å². The molecule has 5 rings (SSSR count). The fourth-order valence-electron chi connectivity index (χ4n) is 4.07. The number of hydrogen-bond acceptors (Lipinski definition) is 4. The largest absolute Gasteiger partial charge is 0.384 e. The first kappa shape index (κ1) is 21.4. The van der Waals surface area contributed by atoms with Crippen LogP contribution in [0.5, 0.6) is 0 Å². The van der Waals surface area contributed by atoms with Gasteiger partial charge in [-0.3, -0.25) is 0 Å². The summed E-state index contributed by atoms with van der Waals surface area (Å²) >= 11 is 0. The molecule has 4 aromatic rings. The van der Waals surface area contributed by atoms with Crippen molar-refractivity contribution in [3.63, 3.8) is 0 Å². The van der Waals surface area contributed by atoms with Crippen LogP contribution in [0.2, 0.25) is 0 Å². The van der Waals surface area contributed by atoms with Crippen LogP contribution in [0.25, 0.3) is 16.9 Å². The van der Waals surface area contributed by atoms with Gasteiger partial charge in [-0.1, -0.05) is 42.5 Å². The van der Waals surface area contributed by atoms with E-state index < -0.39 is 0 Å². The van der Waals surface area contributed by atoms with Crippen molar-refractivity contribution >= 4 is 17.2 Å². The minimum atomic E-state index is 0.670. The number of benzene rings is 2. The molecule has 0 saturated carbocycles. The summed E-state index contributed by atoms with van der Waals surface area (Å²) in [6, 6.07) is 21.8. The van der Waals surface area contributed by atoms with Crippen molar-refractivity contribution in [1.29, 1.82) is 0 Å². The Morgan fingerprint density at radius 1 is 0.781 bits per heavy atom. The standard InChI is InChI=1S/C16H19N3.C10H11N3/c1-12-15(13-8-4-2-5-9-13)16(17)19(18-12)14-10-6-3-7-11-14;1-8-7-10(11)13(12-8)9-5-3-2-4-6-9/h3,6-8,10-11H,2,4-5,9,17H2,1H3;2-7H,11H2,1H3. The SMILES string of the molecule is Cc1cc(N)n(-c2ccccc2)n1.Cc1nn(-c2ccccc2)c(N)c1C1=CCCCC1. The third-order valence-electron chi connectivity index (χ3n) is 5.57. The molecule has 0 fully saturated rings. The zero-order valence-corrected chi connectivity index (χ0v) is 18.7. The van der Waals surface area contributed by atoms with Crippen LogP contribution >= 0.6 is 0 Å². The molecule has 164 valence electrons. The lowest BCUT2D eigenvalue weighted by Crippen LogP contribution is -2.03. The highest BCUT2D eigenvalue weighted by Gasteiger charge is 2.18. The fourth-order valence-corrected chi connectivity index (χ4v) is 4.07. The Morgan fingerprint density at radius 2 is 1.41 bits per heavy atom. The van der Waals surface area contributed by atoms with E-state index in [1.165, 1.54) is 18.4 Å². The molecule has 0 radical (unpaired) electrons. The highest BCUT2D eigenvalue weighted by molar-refractivity contribution is 5.76. The van der Waals surface area contributed by atoms with E-state index in [-0.39, 0.29) is 0 Å². The molecular formula is C26H30N6. The summed E-state index contributed by atoms with van der Waals surface area (Å²) in [5.74, 6) is 1.43. The number of nitrogens with zero attached hydrogens (tertiary/aromatic N) is 4. The van der Waals surface area contributed by atoms with Gasteiger partial charge in [0.25, 0.3) is 0 Å². The molecule has 1 aliphatic carbocycles. The fraction of sp³-hybridized carbons (Fsp3) is 0.231. The minimum Gasteiger partial charge on any atom is -0.384 e. The van der Waals surface area contributed by atoms with E-state index in [2.05, 4.69) is 16.3 Å². The van der Waals surface area contributed by atoms with Gasteiger partial charge in [0.15, 0.2) is 0 Å². The summed E-state index contributed by atoms with van der Waals surface area (Å²) < 4.78 is 3.58. The van der Waals surface area contributed by atoms with Crippen molar-refractivity contribution in [3.8, 4) is 11.4 Å². The second-order valence-electron chi connectivity index (χ2n) is 8.03. The van der Waals surface area contributed by atoms with Crippen LogP contribution in [0.4, 0.5) is 11.6 Å². The number of aromatic nitrogens is 4. The predicted octanol–water partition coefficient (Wildman–Crippen LogP) is 5.48. The summed E-state index contributed by atoms with van der Waals surface area (Å²) in [6.45, 7) is 3.97. The summed E-state index contributed by atoms with van der Waals surface area (Å²) in [5.41, 5.74) is 18.6. The van der Waals surface area contributed by atoms with Gasteiger partial charge in [-0.05, 0) is 69.4 Å². The first-order valence-electron chi connectivity index (χ1n) is 11.0. The number of hydrogen-bond donors (Lipinski definition) is 2. The van der Waals surface area contributed by atoms with Crippen molar-refractivity contribution in [2.45, 2.75) is 39.5 Å². The van der Waals surface area contributed by atoms with E-state index >= 15 is 0 Å². The third kappa shape index (κ3) is 4.59. The summed E-state index contributed by atoms with van der Waals surface area (Å²) in [6.07, 6.45) is 7.13. The van der Waals surface area contributed by atoms with Gasteiger partial charge in [0.1, 0.15) is 11.6 Å². The molecule has 0 aliphatic heterocycles. The van der Waals surface area contributed by atoms with Crippen LogP contribution in [-0.4, -0.2) is 19.6 Å². The lowest BCUT2D eigenvalue weighted by atomic mass is 9.93. The van der Waals surface area contributed by atoms with Gasteiger partial charge >= 0.3 is 0 Å². The average Bonchev–Trinajstić information content (AvgIpc) is 3.33. The number of para-hydroxylation sites is 2. The van der Waals surface area contributed by atoms with E-state index in [1.807, 2.05) is 85.3 Å². The maximum absolute atomic E-state index is 6.33. The molecule has 6 heteroatoms. The van der Waals surface area contributed by atoms with Crippen molar-refractivity contribution in [2.75, 3.05) is 11.5 Å². The smallest absolute Gasteiger partial charge is 0.135 e. The summed E-state index contributed by atoms with van der Waals surface area (Å²) in [4.78, 5) is 0. The molecule has 0 bridgehead atoms. The lowest BCUT2D eigenvalue weighted by molar-refractivity contribution is 0.742. The Morgan fingerprint density at radius 3 is 1.94 bits per heavy atom. The van der Waals surface area contributed by atoms with Crippen molar-refractivity contribution in [2.24, 2.45) is 0 Å². The average molecular weight is 427 g/mol. The highest BCUT2D eigenvalue weighted by atomic mass is 15.3. The monoisotopic (exact) mass is 426 g/mol. The number of aryl methyl sites for hydroxylation is 2. The molecule has 4 N–H and O–H groups in total. The Hall–Kier alpha value is -3.80. The molecule has 2 heterocycles. The second-order valence-corrected chi connectivity index (χ2v) is 8.03. The number of nitrogens with two attached hydrogens (primary N) is 2. The van der Waals surface area contributed by atoms with Crippen molar-refractivity contribution in [3.05, 3.63) is 89.8 Å². The first-order chi connectivity index (χ1) is 15.5. The maximum atomic E-state index is 6.33. The van der Waals surface area contributed by atoms with Crippen LogP contribution < -0.4 is 11.5 Å². The zero-order valence-electron chi connectivity index (χ0n) is 18.7. The summed E-state index contributed by atoms with van der Waals surface area (Å²) in [5, 5.41) is 8.88. The molecule has 2 aromatic heterocycles. The van der Waals surface area contributed by atoms with Crippen LogP contribution in [0.15, 0.2) is 72.8 Å². The van der Waals surface area contributed by atoms with E-state index in [4.69, 9.17) is 11.5 Å². The molecular weight excluding hydrogens is 396 g/mol. The van der Waals surface area contributed by atoms with Gasteiger partial charge < -0.3 is 11.5 Å². The molecule has 32 heavy (non-hydrogen) atoms. The van der Waals surface area contributed by atoms with E-state index in [0.29, 0.717) is 5.82 Å². The Balaban J connectivity index is 0.000000165.